The normalized spacial score (nSPS) is 23.0. The molecule has 20 heavy (non-hydrogen) atoms. The Labute approximate surface area is 121 Å². The third-order valence-corrected chi connectivity index (χ3v) is 4.09. The van der Waals surface area contributed by atoms with Crippen LogP contribution in [0.3, 0.4) is 0 Å². The third kappa shape index (κ3) is 4.37. The van der Waals surface area contributed by atoms with Crippen LogP contribution in [-0.2, 0) is 11.3 Å². The van der Waals surface area contributed by atoms with Gasteiger partial charge in [0.2, 0.25) is 5.91 Å². The highest BCUT2D eigenvalue weighted by molar-refractivity contribution is 5.78. The quantitative estimate of drug-likeness (QED) is 0.900. The average Bonchev–Trinajstić information content (AvgIpc) is 2.77. The van der Waals surface area contributed by atoms with Gasteiger partial charge in [-0.15, -0.1) is 0 Å². The SMILES string of the molecule is Cc1ccc(CN(C)CC(=O)N[C@H]2CCCC[C@@H]2C)o1. The summed E-state index contributed by atoms with van der Waals surface area (Å²) in [5.41, 5.74) is 0. The lowest BCUT2D eigenvalue weighted by Crippen LogP contribution is -2.44. The molecular formula is C16H26N2O2. The van der Waals surface area contributed by atoms with Crippen LogP contribution in [-0.4, -0.2) is 30.4 Å². The molecule has 4 nitrogen and oxygen atoms in total. The number of rotatable bonds is 5. The second kappa shape index (κ2) is 6.93. The summed E-state index contributed by atoms with van der Waals surface area (Å²) >= 11 is 0. The van der Waals surface area contributed by atoms with Crippen molar-refractivity contribution in [2.75, 3.05) is 13.6 Å². The van der Waals surface area contributed by atoms with E-state index in [4.69, 9.17) is 4.42 Å². The van der Waals surface area contributed by atoms with Gasteiger partial charge < -0.3 is 9.73 Å². The van der Waals surface area contributed by atoms with E-state index in [9.17, 15) is 4.79 Å². The van der Waals surface area contributed by atoms with Gasteiger partial charge in [0.25, 0.3) is 0 Å². The Balaban J connectivity index is 1.75. The van der Waals surface area contributed by atoms with E-state index < -0.39 is 0 Å². The molecule has 2 atom stereocenters. The van der Waals surface area contributed by atoms with Crippen LogP contribution in [0, 0.1) is 12.8 Å². The van der Waals surface area contributed by atoms with Crippen LogP contribution in [0.25, 0.3) is 0 Å². The average molecular weight is 278 g/mol. The highest BCUT2D eigenvalue weighted by Crippen LogP contribution is 2.23. The first-order valence-electron chi connectivity index (χ1n) is 7.58. The molecule has 1 aliphatic rings. The van der Waals surface area contributed by atoms with Gasteiger partial charge in [-0.1, -0.05) is 19.8 Å². The van der Waals surface area contributed by atoms with Crippen molar-refractivity contribution >= 4 is 5.91 Å². The van der Waals surface area contributed by atoms with Crippen LogP contribution in [0.2, 0.25) is 0 Å². The van der Waals surface area contributed by atoms with Crippen LogP contribution in [0.15, 0.2) is 16.5 Å². The van der Waals surface area contributed by atoms with Gasteiger partial charge in [-0.25, -0.2) is 0 Å². The largest absolute Gasteiger partial charge is 0.465 e. The van der Waals surface area contributed by atoms with E-state index in [1.807, 2.05) is 31.0 Å². The van der Waals surface area contributed by atoms with E-state index in [1.165, 1.54) is 19.3 Å². The van der Waals surface area contributed by atoms with Crippen LogP contribution in [0.4, 0.5) is 0 Å². The summed E-state index contributed by atoms with van der Waals surface area (Å²) in [6, 6.07) is 4.27. The Morgan fingerprint density at radius 1 is 1.40 bits per heavy atom. The van der Waals surface area contributed by atoms with Gasteiger partial charge in [0.1, 0.15) is 11.5 Å². The molecule has 1 saturated carbocycles. The summed E-state index contributed by atoms with van der Waals surface area (Å²) in [6.45, 7) is 5.25. The fourth-order valence-electron chi connectivity index (χ4n) is 2.92. The zero-order valence-electron chi connectivity index (χ0n) is 12.8. The first kappa shape index (κ1) is 15.1. The highest BCUT2D eigenvalue weighted by atomic mass is 16.3. The molecule has 0 aliphatic heterocycles. The molecule has 4 heteroatoms. The summed E-state index contributed by atoms with van der Waals surface area (Å²) in [6.07, 6.45) is 4.88. The predicted molar refractivity (Wildman–Crippen MR) is 79.3 cm³/mol. The van der Waals surface area contributed by atoms with Gasteiger partial charge in [-0.05, 0) is 44.9 Å². The Morgan fingerprint density at radius 3 is 2.80 bits per heavy atom. The number of hydrogen-bond donors (Lipinski definition) is 1. The molecule has 1 fully saturated rings. The molecular weight excluding hydrogens is 252 g/mol. The topological polar surface area (TPSA) is 45.5 Å². The van der Waals surface area contributed by atoms with E-state index in [0.29, 0.717) is 25.0 Å². The zero-order chi connectivity index (χ0) is 14.5. The molecule has 1 amide bonds. The minimum absolute atomic E-state index is 0.120. The van der Waals surface area contributed by atoms with Gasteiger partial charge in [-0.3, -0.25) is 9.69 Å². The van der Waals surface area contributed by atoms with Crippen LogP contribution in [0.5, 0.6) is 0 Å². The van der Waals surface area contributed by atoms with Crippen molar-refractivity contribution in [3.63, 3.8) is 0 Å². The lowest BCUT2D eigenvalue weighted by atomic mass is 9.86. The van der Waals surface area contributed by atoms with Crippen molar-refractivity contribution < 1.29 is 9.21 Å². The fraction of sp³-hybridized carbons (Fsp3) is 0.688. The number of hydrogen-bond acceptors (Lipinski definition) is 3. The maximum atomic E-state index is 12.1. The van der Waals surface area contributed by atoms with Gasteiger partial charge in [0.05, 0.1) is 13.1 Å². The number of carbonyl (C=O) groups excluding carboxylic acids is 1. The first-order valence-corrected chi connectivity index (χ1v) is 7.58. The molecule has 1 aromatic rings. The second-order valence-corrected chi connectivity index (χ2v) is 6.12. The molecule has 0 unspecified atom stereocenters. The van der Waals surface area contributed by atoms with Crippen LogP contribution < -0.4 is 5.32 Å². The maximum Gasteiger partial charge on any atom is 0.234 e. The maximum absolute atomic E-state index is 12.1. The third-order valence-electron chi connectivity index (χ3n) is 4.09. The minimum Gasteiger partial charge on any atom is -0.465 e. The number of nitrogens with zero attached hydrogens (tertiary/aromatic N) is 1. The van der Waals surface area contributed by atoms with Crippen LogP contribution in [0.1, 0.15) is 44.1 Å². The molecule has 0 radical (unpaired) electrons. The zero-order valence-corrected chi connectivity index (χ0v) is 12.8. The van der Waals surface area contributed by atoms with Crippen molar-refractivity contribution in [2.24, 2.45) is 5.92 Å². The second-order valence-electron chi connectivity index (χ2n) is 6.12. The van der Waals surface area contributed by atoms with E-state index in [2.05, 4.69) is 12.2 Å². The van der Waals surface area contributed by atoms with Crippen LogP contribution >= 0.6 is 0 Å². The number of amides is 1. The van der Waals surface area contributed by atoms with E-state index >= 15 is 0 Å². The van der Waals surface area contributed by atoms with Gasteiger partial charge in [-0.2, -0.15) is 0 Å². The van der Waals surface area contributed by atoms with Gasteiger partial charge in [0, 0.05) is 6.04 Å². The molecule has 1 heterocycles. The van der Waals surface area contributed by atoms with E-state index in [1.54, 1.807) is 0 Å². The molecule has 112 valence electrons. The number of likely N-dealkylation sites (N-methyl/N-ethyl adjacent to an activating group) is 1. The molecule has 1 aliphatic carbocycles. The summed E-state index contributed by atoms with van der Waals surface area (Å²) in [7, 11) is 1.95. The fourth-order valence-corrected chi connectivity index (χ4v) is 2.92. The Hall–Kier alpha value is -1.29. The number of nitrogens with one attached hydrogen (secondary N) is 1. The number of furan rings is 1. The minimum atomic E-state index is 0.120. The summed E-state index contributed by atoms with van der Waals surface area (Å²) in [5.74, 6) is 2.54. The van der Waals surface area contributed by atoms with Crippen molar-refractivity contribution in [3.8, 4) is 0 Å². The predicted octanol–water partition coefficient (Wildman–Crippen LogP) is 2.71. The summed E-state index contributed by atoms with van der Waals surface area (Å²) in [4.78, 5) is 14.1. The van der Waals surface area contributed by atoms with Crippen molar-refractivity contribution in [1.29, 1.82) is 0 Å². The molecule has 0 spiro atoms. The smallest absolute Gasteiger partial charge is 0.234 e. The number of aryl methyl sites for hydroxylation is 1. The molecule has 1 N–H and O–H groups in total. The lowest BCUT2D eigenvalue weighted by Gasteiger charge is -2.30. The lowest BCUT2D eigenvalue weighted by molar-refractivity contribution is -0.123. The van der Waals surface area contributed by atoms with Crippen molar-refractivity contribution in [3.05, 3.63) is 23.7 Å². The molecule has 0 aromatic carbocycles. The highest BCUT2D eigenvalue weighted by Gasteiger charge is 2.23. The molecule has 0 bridgehead atoms. The summed E-state index contributed by atoms with van der Waals surface area (Å²) < 4.78 is 5.53. The standard InChI is InChI=1S/C16H26N2O2/c1-12-6-4-5-7-15(12)17-16(19)11-18(3)10-14-9-8-13(2)20-14/h8-9,12,15H,4-7,10-11H2,1-3H3,(H,17,19)/t12-,15-/m0/s1. The van der Waals surface area contributed by atoms with Gasteiger partial charge >= 0.3 is 0 Å². The summed E-state index contributed by atoms with van der Waals surface area (Å²) in [5, 5.41) is 3.18. The van der Waals surface area contributed by atoms with Crippen molar-refractivity contribution in [2.45, 2.75) is 52.1 Å². The number of carbonyl (C=O) groups is 1. The Bertz CT molecular complexity index is 441. The monoisotopic (exact) mass is 278 g/mol. The van der Waals surface area contributed by atoms with E-state index in [-0.39, 0.29) is 5.91 Å². The van der Waals surface area contributed by atoms with Crippen molar-refractivity contribution in [1.82, 2.24) is 10.2 Å². The van der Waals surface area contributed by atoms with E-state index in [0.717, 1.165) is 17.9 Å². The first-order chi connectivity index (χ1) is 9.54. The Kier molecular flexibility index (Phi) is 5.24. The molecule has 0 saturated heterocycles. The molecule has 2 rings (SSSR count). The Morgan fingerprint density at radius 2 is 2.15 bits per heavy atom. The molecule has 1 aromatic heterocycles. The van der Waals surface area contributed by atoms with Gasteiger partial charge in [0.15, 0.2) is 0 Å².